The number of hydrogen-bond donors (Lipinski definition) is 1. The van der Waals surface area contributed by atoms with E-state index < -0.39 is 0 Å². The van der Waals surface area contributed by atoms with Gasteiger partial charge in [0.2, 0.25) is 0 Å². The minimum Gasteiger partial charge on any atom is -0.353 e. The molecule has 0 amide bonds. The van der Waals surface area contributed by atoms with Crippen LogP contribution in [0, 0.1) is 11.8 Å². The molecular formula is C24H17NO. The first kappa shape index (κ1) is 15.9. The highest BCUT2D eigenvalue weighted by molar-refractivity contribution is 5.95. The predicted molar refractivity (Wildman–Crippen MR) is 106 cm³/mol. The van der Waals surface area contributed by atoms with Crippen LogP contribution in [0.1, 0.15) is 28.4 Å². The summed E-state index contributed by atoms with van der Waals surface area (Å²) in [5.41, 5.74) is 5.79. The van der Waals surface area contributed by atoms with Gasteiger partial charge in [-0.1, -0.05) is 72.5 Å². The zero-order valence-electron chi connectivity index (χ0n) is 14.4. The van der Waals surface area contributed by atoms with Gasteiger partial charge in [0.25, 0.3) is 0 Å². The predicted octanol–water partition coefficient (Wildman–Crippen LogP) is 5.44. The van der Waals surface area contributed by atoms with Crippen LogP contribution >= 0.6 is 0 Å². The number of Topliss-reactive ketones (excluding diaryl/α,β-unsaturated/α-hetero) is 1. The average molecular weight is 335 g/mol. The number of nitrogens with one attached hydrogen (secondary N) is 1. The summed E-state index contributed by atoms with van der Waals surface area (Å²) in [7, 11) is 0. The molecule has 0 bridgehead atoms. The van der Waals surface area contributed by atoms with Crippen LogP contribution in [-0.2, 0) is 0 Å². The van der Waals surface area contributed by atoms with Gasteiger partial charge in [-0.3, -0.25) is 4.79 Å². The van der Waals surface area contributed by atoms with Gasteiger partial charge in [-0.15, -0.1) is 0 Å². The third kappa shape index (κ3) is 3.03. The Morgan fingerprint density at radius 3 is 2.23 bits per heavy atom. The number of ketones is 1. The summed E-state index contributed by atoms with van der Waals surface area (Å²) in [5, 5.41) is 1.11. The summed E-state index contributed by atoms with van der Waals surface area (Å²) in [6, 6.07) is 25.8. The van der Waals surface area contributed by atoms with Gasteiger partial charge in [-0.2, -0.15) is 0 Å². The Labute approximate surface area is 152 Å². The molecule has 1 aromatic heterocycles. The normalized spacial score (nSPS) is 10.3. The van der Waals surface area contributed by atoms with Gasteiger partial charge >= 0.3 is 0 Å². The van der Waals surface area contributed by atoms with Gasteiger partial charge < -0.3 is 4.98 Å². The maximum absolute atomic E-state index is 11.4. The number of aromatic amines is 1. The largest absolute Gasteiger partial charge is 0.353 e. The fourth-order valence-electron chi connectivity index (χ4n) is 3.02. The number of H-pyrrole nitrogens is 1. The molecule has 0 spiro atoms. The lowest BCUT2D eigenvalue weighted by molar-refractivity contribution is 0.101. The second-order valence-corrected chi connectivity index (χ2v) is 6.17. The molecule has 1 heterocycles. The van der Waals surface area contributed by atoms with E-state index >= 15 is 0 Å². The van der Waals surface area contributed by atoms with E-state index in [0.717, 1.165) is 33.3 Å². The first-order valence-electron chi connectivity index (χ1n) is 8.51. The van der Waals surface area contributed by atoms with Gasteiger partial charge in [-0.25, -0.2) is 0 Å². The quantitative estimate of drug-likeness (QED) is 0.384. The monoisotopic (exact) mass is 335 g/mol. The lowest BCUT2D eigenvalue weighted by atomic mass is 10.0. The van der Waals surface area contributed by atoms with Gasteiger partial charge in [0, 0.05) is 22.0 Å². The van der Waals surface area contributed by atoms with Gasteiger partial charge in [0.1, 0.15) is 0 Å². The van der Waals surface area contributed by atoms with Gasteiger partial charge in [0.15, 0.2) is 5.78 Å². The SMILES string of the molecule is CC(=O)c1ccc(C#Cc2c(-c3ccccc3)[nH]c3ccccc23)cc1. The van der Waals surface area contributed by atoms with E-state index in [1.165, 1.54) is 0 Å². The van der Waals surface area contributed by atoms with Crippen LogP contribution in [-0.4, -0.2) is 10.8 Å². The van der Waals surface area contributed by atoms with Crippen molar-refractivity contribution in [1.82, 2.24) is 4.98 Å². The van der Waals surface area contributed by atoms with Crippen molar-refractivity contribution in [3.63, 3.8) is 0 Å². The van der Waals surface area contributed by atoms with Crippen molar-refractivity contribution in [3.05, 3.63) is 95.6 Å². The number of fused-ring (bicyclic) bond motifs is 1. The molecule has 0 aliphatic rings. The van der Waals surface area contributed by atoms with Crippen molar-refractivity contribution >= 4 is 16.7 Å². The second-order valence-electron chi connectivity index (χ2n) is 6.17. The minimum absolute atomic E-state index is 0.0625. The van der Waals surface area contributed by atoms with Crippen LogP contribution in [0.5, 0.6) is 0 Å². The van der Waals surface area contributed by atoms with E-state index in [2.05, 4.69) is 41.1 Å². The number of para-hydroxylation sites is 1. The summed E-state index contributed by atoms with van der Waals surface area (Å²) >= 11 is 0. The Balaban J connectivity index is 1.82. The van der Waals surface area contributed by atoms with Crippen LogP contribution in [0.25, 0.3) is 22.2 Å². The van der Waals surface area contributed by atoms with E-state index in [-0.39, 0.29) is 5.78 Å². The van der Waals surface area contributed by atoms with Crippen LogP contribution in [0.3, 0.4) is 0 Å². The molecule has 0 saturated heterocycles. The van der Waals surface area contributed by atoms with Crippen molar-refractivity contribution in [2.24, 2.45) is 0 Å². The molecule has 0 aliphatic carbocycles. The number of rotatable bonds is 2. The highest BCUT2D eigenvalue weighted by Crippen LogP contribution is 2.29. The molecule has 0 unspecified atom stereocenters. The number of carbonyl (C=O) groups excluding carboxylic acids is 1. The van der Waals surface area contributed by atoms with E-state index in [0.29, 0.717) is 5.56 Å². The maximum Gasteiger partial charge on any atom is 0.159 e. The van der Waals surface area contributed by atoms with Gasteiger partial charge in [0.05, 0.1) is 11.3 Å². The van der Waals surface area contributed by atoms with Gasteiger partial charge in [-0.05, 0) is 30.7 Å². The Kier molecular flexibility index (Phi) is 4.13. The van der Waals surface area contributed by atoms with Crippen LogP contribution < -0.4 is 0 Å². The lowest BCUT2D eigenvalue weighted by Crippen LogP contribution is -1.90. The standard InChI is InChI=1S/C24H17NO/c1-17(26)19-14-11-18(12-15-19)13-16-22-21-9-5-6-10-23(21)25-24(22)20-7-3-2-4-8-20/h2-12,14-15,25H,1H3. The number of benzene rings is 3. The molecule has 2 nitrogen and oxygen atoms in total. The maximum atomic E-state index is 11.4. The first-order chi connectivity index (χ1) is 12.7. The number of carbonyl (C=O) groups is 1. The van der Waals surface area contributed by atoms with Crippen molar-refractivity contribution in [3.8, 4) is 23.1 Å². The molecule has 0 fully saturated rings. The molecule has 1 N–H and O–H groups in total. The van der Waals surface area contributed by atoms with Crippen molar-refractivity contribution in [2.75, 3.05) is 0 Å². The Morgan fingerprint density at radius 2 is 1.50 bits per heavy atom. The molecule has 4 aromatic rings. The molecule has 2 heteroatoms. The van der Waals surface area contributed by atoms with Crippen molar-refractivity contribution in [1.29, 1.82) is 0 Å². The summed E-state index contributed by atoms with van der Waals surface area (Å²) < 4.78 is 0. The third-order valence-electron chi connectivity index (χ3n) is 4.39. The number of aromatic nitrogens is 1. The lowest BCUT2D eigenvalue weighted by Gasteiger charge is -1.99. The van der Waals surface area contributed by atoms with Crippen molar-refractivity contribution in [2.45, 2.75) is 6.92 Å². The van der Waals surface area contributed by atoms with E-state index in [1.807, 2.05) is 54.6 Å². The van der Waals surface area contributed by atoms with E-state index in [1.54, 1.807) is 6.92 Å². The van der Waals surface area contributed by atoms with Crippen molar-refractivity contribution < 1.29 is 4.79 Å². The molecule has 0 atom stereocenters. The molecule has 0 aliphatic heterocycles. The summed E-state index contributed by atoms with van der Waals surface area (Å²) in [6.45, 7) is 1.57. The van der Waals surface area contributed by atoms with Crippen LogP contribution in [0.4, 0.5) is 0 Å². The van der Waals surface area contributed by atoms with E-state index in [4.69, 9.17) is 0 Å². The third-order valence-corrected chi connectivity index (χ3v) is 4.39. The van der Waals surface area contributed by atoms with E-state index in [9.17, 15) is 4.79 Å². The first-order valence-corrected chi connectivity index (χ1v) is 8.51. The zero-order valence-corrected chi connectivity index (χ0v) is 14.4. The zero-order chi connectivity index (χ0) is 17.9. The Morgan fingerprint density at radius 1 is 0.808 bits per heavy atom. The molecule has 3 aromatic carbocycles. The molecule has 26 heavy (non-hydrogen) atoms. The Hall–Kier alpha value is -3.57. The fourth-order valence-corrected chi connectivity index (χ4v) is 3.02. The molecule has 0 saturated carbocycles. The summed E-state index contributed by atoms with van der Waals surface area (Å²) in [5.74, 6) is 6.63. The molecule has 4 rings (SSSR count). The van der Waals surface area contributed by atoms with Crippen LogP contribution in [0.2, 0.25) is 0 Å². The molecule has 124 valence electrons. The topological polar surface area (TPSA) is 32.9 Å². The molecular weight excluding hydrogens is 318 g/mol. The summed E-state index contributed by atoms with van der Waals surface area (Å²) in [6.07, 6.45) is 0. The fraction of sp³-hybridized carbons (Fsp3) is 0.0417. The molecule has 0 radical (unpaired) electrons. The highest BCUT2D eigenvalue weighted by Gasteiger charge is 2.10. The van der Waals surface area contributed by atoms with Crippen LogP contribution in [0.15, 0.2) is 78.9 Å². The highest BCUT2D eigenvalue weighted by atomic mass is 16.1. The number of hydrogen-bond acceptors (Lipinski definition) is 1. The smallest absolute Gasteiger partial charge is 0.159 e. The minimum atomic E-state index is 0.0625. The Bertz CT molecular complexity index is 1140. The summed E-state index contributed by atoms with van der Waals surface area (Å²) in [4.78, 5) is 14.9. The average Bonchev–Trinajstić information content (AvgIpc) is 3.06. The second kappa shape index (κ2) is 6.74.